The summed E-state index contributed by atoms with van der Waals surface area (Å²) in [7, 11) is 0. The van der Waals surface area contributed by atoms with Gasteiger partial charge in [-0.05, 0) is 42.5 Å². The summed E-state index contributed by atoms with van der Waals surface area (Å²) in [6.45, 7) is 1.50. The van der Waals surface area contributed by atoms with E-state index in [4.69, 9.17) is 21.1 Å². The van der Waals surface area contributed by atoms with Crippen LogP contribution in [0, 0.1) is 5.82 Å². The van der Waals surface area contributed by atoms with Gasteiger partial charge < -0.3 is 9.42 Å². The summed E-state index contributed by atoms with van der Waals surface area (Å²) in [5, 5.41) is 5.88. The zero-order chi connectivity index (χ0) is 17.7. The number of rotatable bonds is 2. The van der Waals surface area contributed by atoms with Gasteiger partial charge in [0.25, 0.3) is 0 Å². The van der Waals surface area contributed by atoms with E-state index in [0.29, 0.717) is 17.3 Å². The van der Waals surface area contributed by atoms with E-state index >= 15 is 0 Å². The van der Waals surface area contributed by atoms with Crippen molar-refractivity contribution in [2.75, 3.05) is 11.4 Å². The zero-order valence-corrected chi connectivity index (χ0v) is 15.1. The zero-order valence-electron chi connectivity index (χ0n) is 13.6. The van der Waals surface area contributed by atoms with E-state index in [9.17, 15) is 4.39 Å². The molecule has 4 nitrogen and oxygen atoms in total. The largest absolute Gasteiger partial charge is 0.356 e. The topological polar surface area (TPSA) is 42.2 Å². The number of thiazole rings is 1. The van der Waals surface area contributed by atoms with Crippen LogP contribution >= 0.6 is 22.9 Å². The Morgan fingerprint density at radius 2 is 2.00 bits per heavy atom. The Bertz CT molecular complexity index is 1110. The molecule has 2 aromatic carbocycles. The monoisotopic (exact) mass is 385 g/mol. The van der Waals surface area contributed by atoms with Crippen molar-refractivity contribution in [2.24, 2.45) is 0 Å². The summed E-state index contributed by atoms with van der Waals surface area (Å²) >= 11 is 7.71. The first-order valence-electron chi connectivity index (χ1n) is 8.22. The molecule has 3 heterocycles. The average molecular weight is 386 g/mol. The molecule has 130 valence electrons. The number of nitrogens with zero attached hydrogens (tertiary/aromatic N) is 3. The Balaban J connectivity index is 1.50. The first-order valence-corrected chi connectivity index (χ1v) is 9.41. The van der Waals surface area contributed by atoms with Crippen LogP contribution in [0.1, 0.15) is 11.3 Å². The number of hydrogen-bond acceptors (Lipinski definition) is 5. The fraction of sp³-hybridized carbons (Fsp3) is 0.158. The van der Waals surface area contributed by atoms with Crippen molar-refractivity contribution in [2.45, 2.75) is 13.0 Å². The van der Waals surface area contributed by atoms with Gasteiger partial charge >= 0.3 is 0 Å². The predicted molar refractivity (Wildman–Crippen MR) is 101 cm³/mol. The number of halogens is 2. The lowest BCUT2D eigenvalue weighted by Gasteiger charge is -2.25. The summed E-state index contributed by atoms with van der Waals surface area (Å²) in [6, 6.07) is 12.0. The van der Waals surface area contributed by atoms with Crippen LogP contribution in [0.25, 0.3) is 21.5 Å². The van der Waals surface area contributed by atoms with Crippen molar-refractivity contribution in [1.29, 1.82) is 0 Å². The molecule has 0 aliphatic carbocycles. The van der Waals surface area contributed by atoms with Gasteiger partial charge in [-0.2, -0.15) is 0 Å². The van der Waals surface area contributed by atoms with E-state index in [2.05, 4.69) is 10.1 Å². The molecule has 0 unspecified atom stereocenters. The van der Waals surface area contributed by atoms with E-state index in [0.717, 1.165) is 45.1 Å². The molecule has 0 N–H and O–H groups in total. The van der Waals surface area contributed by atoms with Crippen LogP contribution in [0.4, 0.5) is 9.52 Å². The fourth-order valence-electron chi connectivity index (χ4n) is 3.23. The Kier molecular flexibility index (Phi) is 3.69. The smallest absolute Gasteiger partial charge is 0.186 e. The van der Waals surface area contributed by atoms with Gasteiger partial charge in [-0.25, -0.2) is 9.37 Å². The van der Waals surface area contributed by atoms with Gasteiger partial charge in [-0.15, -0.1) is 0 Å². The summed E-state index contributed by atoms with van der Waals surface area (Å²) in [6.07, 6.45) is 0.788. The summed E-state index contributed by atoms with van der Waals surface area (Å²) in [5.74, 6) is 0.436. The van der Waals surface area contributed by atoms with Crippen LogP contribution in [0.3, 0.4) is 0 Å². The Morgan fingerprint density at radius 3 is 2.85 bits per heavy atom. The highest BCUT2D eigenvalue weighted by atomic mass is 35.5. The first kappa shape index (κ1) is 15.8. The second kappa shape index (κ2) is 6.07. The molecule has 0 atom stereocenters. The SMILES string of the molecule is Fc1ccc(-c2onc3c2CN(c2nc4ccc(Cl)cc4s2)CC3)cc1. The van der Waals surface area contributed by atoms with Crippen molar-refractivity contribution < 1.29 is 8.91 Å². The van der Waals surface area contributed by atoms with Gasteiger partial charge in [0, 0.05) is 29.1 Å². The fourth-order valence-corrected chi connectivity index (χ4v) is 4.49. The lowest BCUT2D eigenvalue weighted by atomic mass is 10.0. The van der Waals surface area contributed by atoms with E-state index in [1.54, 1.807) is 23.5 Å². The minimum absolute atomic E-state index is 0.267. The third kappa shape index (κ3) is 2.66. The quantitative estimate of drug-likeness (QED) is 0.469. The molecular formula is C19H13ClFN3OS. The first-order chi connectivity index (χ1) is 12.7. The van der Waals surface area contributed by atoms with Crippen LogP contribution in [-0.2, 0) is 13.0 Å². The van der Waals surface area contributed by atoms with E-state index in [-0.39, 0.29) is 5.82 Å². The van der Waals surface area contributed by atoms with Crippen molar-refractivity contribution >= 4 is 38.3 Å². The molecule has 26 heavy (non-hydrogen) atoms. The van der Waals surface area contributed by atoms with Crippen LogP contribution in [0.5, 0.6) is 0 Å². The van der Waals surface area contributed by atoms with Crippen molar-refractivity contribution in [3.8, 4) is 11.3 Å². The van der Waals surface area contributed by atoms with Crippen LogP contribution in [0.2, 0.25) is 5.02 Å². The standard InChI is InChI=1S/C19H13ClFN3OS/c20-12-3-6-16-17(9-12)26-19(22-16)24-8-7-15-14(10-24)18(25-23-15)11-1-4-13(21)5-2-11/h1-6,9H,7-8,10H2. The maximum Gasteiger partial charge on any atom is 0.186 e. The molecule has 0 radical (unpaired) electrons. The Hall–Kier alpha value is -2.44. The Labute approximate surface area is 157 Å². The number of fused-ring (bicyclic) bond motifs is 2. The predicted octanol–water partition coefficient (Wildman–Crippen LogP) is 5.31. The van der Waals surface area contributed by atoms with Gasteiger partial charge in [-0.1, -0.05) is 28.1 Å². The van der Waals surface area contributed by atoms with Crippen LogP contribution in [0.15, 0.2) is 47.0 Å². The minimum Gasteiger partial charge on any atom is -0.356 e. The highest BCUT2D eigenvalue weighted by molar-refractivity contribution is 7.22. The summed E-state index contributed by atoms with van der Waals surface area (Å²) in [5.41, 5.74) is 3.78. The van der Waals surface area contributed by atoms with Gasteiger partial charge in [-0.3, -0.25) is 0 Å². The molecule has 1 aliphatic heterocycles. The third-order valence-corrected chi connectivity index (χ3v) is 5.87. The molecule has 4 aromatic rings. The maximum atomic E-state index is 13.2. The third-order valence-electron chi connectivity index (χ3n) is 4.55. The van der Waals surface area contributed by atoms with Gasteiger partial charge in [0.2, 0.25) is 0 Å². The molecule has 0 amide bonds. The number of aromatic nitrogens is 2. The number of anilines is 1. The number of benzene rings is 2. The molecule has 0 bridgehead atoms. The molecule has 7 heteroatoms. The van der Waals surface area contributed by atoms with Crippen molar-refractivity contribution in [3.05, 3.63) is 64.6 Å². The molecular weight excluding hydrogens is 373 g/mol. The second-order valence-electron chi connectivity index (χ2n) is 6.22. The molecule has 0 fully saturated rings. The molecule has 5 rings (SSSR count). The lowest BCUT2D eigenvalue weighted by molar-refractivity contribution is 0.424. The maximum absolute atomic E-state index is 13.2. The van der Waals surface area contributed by atoms with Gasteiger partial charge in [0.1, 0.15) is 5.82 Å². The normalized spacial score (nSPS) is 14.0. The van der Waals surface area contributed by atoms with Crippen molar-refractivity contribution in [3.63, 3.8) is 0 Å². The van der Waals surface area contributed by atoms with Crippen molar-refractivity contribution in [1.82, 2.24) is 10.1 Å². The Morgan fingerprint density at radius 1 is 1.15 bits per heavy atom. The minimum atomic E-state index is -0.267. The molecule has 0 saturated carbocycles. The van der Waals surface area contributed by atoms with E-state index in [1.807, 2.05) is 18.2 Å². The summed E-state index contributed by atoms with van der Waals surface area (Å²) < 4.78 is 19.9. The summed E-state index contributed by atoms with van der Waals surface area (Å²) in [4.78, 5) is 6.96. The molecule has 0 saturated heterocycles. The molecule has 1 aliphatic rings. The second-order valence-corrected chi connectivity index (χ2v) is 7.67. The average Bonchev–Trinajstić information content (AvgIpc) is 3.25. The van der Waals surface area contributed by atoms with Crippen LogP contribution < -0.4 is 4.90 Å². The van der Waals surface area contributed by atoms with Crippen LogP contribution in [-0.4, -0.2) is 16.7 Å². The van der Waals surface area contributed by atoms with Gasteiger partial charge in [0.15, 0.2) is 10.9 Å². The number of hydrogen-bond donors (Lipinski definition) is 0. The van der Waals surface area contributed by atoms with Gasteiger partial charge in [0.05, 0.1) is 22.5 Å². The molecule has 0 spiro atoms. The van der Waals surface area contributed by atoms with E-state index in [1.165, 1.54) is 12.1 Å². The highest BCUT2D eigenvalue weighted by Gasteiger charge is 2.26. The lowest BCUT2D eigenvalue weighted by Crippen LogP contribution is -2.30. The highest BCUT2D eigenvalue weighted by Crippen LogP contribution is 2.36. The van der Waals surface area contributed by atoms with E-state index < -0.39 is 0 Å². The molecule has 2 aromatic heterocycles.